The van der Waals surface area contributed by atoms with Crippen molar-refractivity contribution in [2.45, 2.75) is 64.0 Å². The maximum absolute atomic E-state index is 10.3. The average Bonchev–Trinajstić information content (AvgIpc) is 2.27. The zero-order valence-corrected chi connectivity index (χ0v) is 9.71. The first-order chi connectivity index (χ1) is 7.36. The molecule has 0 aliphatic heterocycles. The fraction of sp³-hybridized carbons (Fsp3) is 0.917. The highest BCUT2D eigenvalue weighted by atomic mass is 16.5. The quantitative estimate of drug-likeness (QED) is 0.520. The van der Waals surface area contributed by atoms with Gasteiger partial charge in [-0.15, -0.1) is 0 Å². The van der Waals surface area contributed by atoms with Crippen LogP contribution >= 0.6 is 0 Å². The van der Waals surface area contributed by atoms with Crippen molar-refractivity contribution < 1.29 is 9.53 Å². The van der Waals surface area contributed by atoms with Gasteiger partial charge in [-0.1, -0.05) is 19.8 Å². The molecule has 0 saturated heterocycles. The van der Waals surface area contributed by atoms with Crippen molar-refractivity contribution in [3.8, 4) is 0 Å². The molecule has 1 fully saturated rings. The molecule has 1 rings (SSSR count). The number of unbranched alkanes of at least 4 members (excludes halogenated alkanes) is 2. The van der Waals surface area contributed by atoms with E-state index in [0.29, 0.717) is 12.1 Å². The largest absolute Gasteiger partial charge is 0.378 e. The van der Waals surface area contributed by atoms with E-state index >= 15 is 0 Å². The SMILES string of the molecule is CCCCCOC1CCC(NC=O)CC1. The van der Waals surface area contributed by atoms with Crippen molar-refractivity contribution in [1.29, 1.82) is 0 Å². The van der Waals surface area contributed by atoms with Gasteiger partial charge in [0.2, 0.25) is 6.41 Å². The average molecular weight is 213 g/mol. The fourth-order valence-electron chi connectivity index (χ4n) is 2.09. The molecule has 1 N–H and O–H groups in total. The summed E-state index contributed by atoms with van der Waals surface area (Å²) in [4.78, 5) is 10.3. The van der Waals surface area contributed by atoms with Gasteiger partial charge in [-0.05, 0) is 32.1 Å². The molecule has 1 amide bonds. The Morgan fingerprint density at radius 2 is 2.00 bits per heavy atom. The molecule has 88 valence electrons. The van der Waals surface area contributed by atoms with Crippen molar-refractivity contribution in [2.75, 3.05) is 6.61 Å². The number of carbonyl (C=O) groups is 1. The van der Waals surface area contributed by atoms with Crippen LogP contribution in [0.4, 0.5) is 0 Å². The molecule has 3 nitrogen and oxygen atoms in total. The molecule has 0 unspecified atom stereocenters. The molecular weight excluding hydrogens is 190 g/mol. The van der Waals surface area contributed by atoms with E-state index in [1.807, 2.05) is 0 Å². The Kier molecular flexibility index (Phi) is 6.41. The van der Waals surface area contributed by atoms with E-state index in [-0.39, 0.29) is 0 Å². The molecule has 0 radical (unpaired) electrons. The van der Waals surface area contributed by atoms with Gasteiger partial charge in [-0.3, -0.25) is 4.79 Å². The van der Waals surface area contributed by atoms with Crippen LogP contribution in [0.5, 0.6) is 0 Å². The first kappa shape index (κ1) is 12.5. The van der Waals surface area contributed by atoms with Crippen molar-refractivity contribution in [1.82, 2.24) is 5.32 Å². The molecule has 0 aromatic carbocycles. The van der Waals surface area contributed by atoms with E-state index in [9.17, 15) is 4.79 Å². The number of ether oxygens (including phenoxy) is 1. The molecule has 0 heterocycles. The molecular formula is C12H23NO2. The van der Waals surface area contributed by atoms with E-state index in [0.717, 1.165) is 38.7 Å². The Morgan fingerprint density at radius 1 is 1.27 bits per heavy atom. The Balaban J connectivity index is 2.01. The number of amides is 1. The second kappa shape index (κ2) is 7.69. The Bertz CT molecular complexity index is 165. The van der Waals surface area contributed by atoms with Gasteiger partial charge in [0.1, 0.15) is 0 Å². The van der Waals surface area contributed by atoms with Crippen molar-refractivity contribution in [3.05, 3.63) is 0 Å². The first-order valence-corrected chi connectivity index (χ1v) is 6.18. The highest BCUT2D eigenvalue weighted by Crippen LogP contribution is 2.21. The second-order valence-corrected chi connectivity index (χ2v) is 4.34. The topological polar surface area (TPSA) is 38.3 Å². The molecule has 1 aliphatic rings. The van der Waals surface area contributed by atoms with Crippen molar-refractivity contribution >= 4 is 6.41 Å². The smallest absolute Gasteiger partial charge is 0.207 e. The standard InChI is InChI=1S/C12H23NO2/c1-2-3-4-9-15-12-7-5-11(6-8-12)13-10-14/h10-12H,2-9H2,1H3,(H,13,14). The minimum atomic E-state index is 0.387. The predicted molar refractivity (Wildman–Crippen MR) is 60.7 cm³/mol. The lowest BCUT2D eigenvalue weighted by atomic mass is 9.93. The number of hydrogen-bond acceptors (Lipinski definition) is 2. The maximum Gasteiger partial charge on any atom is 0.207 e. The van der Waals surface area contributed by atoms with Gasteiger partial charge in [0, 0.05) is 12.6 Å². The molecule has 0 aromatic rings. The summed E-state index contributed by atoms with van der Waals surface area (Å²) in [6, 6.07) is 0.387. The molecule has 0 atom stereocenters. The fourth-order valence-corrected chi connectivity index (χ4v) is 2.09. The van der Waals surface area contributed by atoms with E-state index in [1.54, 1.807) is 0 Å². The lowest BCUT2D eigenvalue weighted by Crippen LogP contribution is -2.34. The van der Waals surface area contributed by atoms with E-state index in [4.69, 9.17) is 4.74 Å². The van der Waals surface area contributed by atoms with Gasteiger partial charge in [0.25, 0.3) is 0 Å². The summed E-state index contributed by atoms with van der Waals surface area (Å²) < 4.78 is 5.80. The molecule has 15 heavy (non-hydrogen) atoms. The maximum atomic E-state index is 10.3. The third-order valence-electron chi connectivity index (χ3n) is 3.08. The summed E-state index contributed by atoms with van der Waals surface area (Å²) in [5, 5.41) is 2.85. The zero-order valence-electron chi connectivity index (χ0n) is 9.71. The van der Waals surface area contributed by atoms with Crippen LogP contribution in [0.1, 0.15) is 51.9 Å². The van der Waals surface area contributed by atoms with E-state index in [1.165, 1.54) is 19.3 Å². The molecule has 0 bridgehead atoms. The molecule has 1 saturated carbocycles. The van der Waals surface area contributed by atoms with Crippen LogP contribution in [0.2, 0.25) is 0 Å². The highest BCUT2D eigenvalue weighted by molar-refractivity contribution is 5.46. The number of nitrogens with one attached hydrogen (secondary N) is 1. The Labute approximate surface area is 92.6 Å². The molecule has 0 spiro atoms. The second-order valence-electron chi connectivity index (χ2n) is 4.34. The molecule has 3 heteroatoms. The summed E-state index contributed by atoms with van der Waals surface area (Å²) in [6.45, 7) is 3.11. The first-order valence-electron chi connectivity index (χ1n) is 6.18. The minimum Gasteiger partial charge on any atom is -0.378 e. The molecule has 0 aromatic heterocycles. The summed E-state index contributed by atoms with van der Waals surface area (Å²) >= 11 is 0. The number of carbonyl (C=O) groups excluding carboxylic acids is 1. The Morgan fingerprint density at radius 3 is 2.60 bits per heavy atom. The third-order valence-corrected chi connectivity index (χ3v) is 3.08. The Hall–Kier alpha value is -0.570. The van der Waals surface area contributed by atoms with Crippen molar-refractivity contribution in [3.63, 3.8) is 0 Å². The van der Waals surface area contributed by atoms with Gasteiger partial charge < -0.3 is 10.1 Å². The van der Waals surface area contributed by atoms with Crippen LogP contribution < -0.4 is 5.32 Å². The lowest BCUT2D eigenvalue weighted by Gasteiger charge is -2.28. The van der Waals surface area contributed by atoms with Crippen LogP contribution in [0.15, 0.2) is 0 Å². The zero-order chi connectivity index (χ0) is 10.9. The predicted octanol–water partition coefficient (Wildman–Crippen LogP) is 2.25. The van der Waals surface area contributed by atoms with E-state index < -0.39 is 0 Å². The highest BCUT2D eigenvalue weighted by Gasteiger charge is 2.20. The van der Waals surface area contributed by atoms with Crippen LogP contribution in [-0.4, -0.2) is 25.2 Å². The number of rotatable bonds is 7. The third kappa shape index (κ3) is 5.17. The van der Waals surface area contributed by atoms with Gasteiger partial charge >= 0.3 is 0 Å². The van der Waals surface area contributed by atoms with Gasteiger partial charge in [-0.25, -0.2) is 0 Å². The van der Waals surface area contributed by atoms with Gasteiger partial charge in [-0.2, -0.15) is 0 Å². The van der Waals surface area contributed by atoms with Crippen LogP contribution in [0.3, 0.4) is 0 Å². The monoisotopic (exact) mass is 213 g/mol. The summed E-state index contributed by atoms with van der Waals surface area (Å²) in [7, 11) is 0. The summed E-state index contributed by atoms with van der Waals surface area (Å²) in [6.07, 6.45) is 9.27. The number of hydrogen-bond donors (Lipinski definition) is 1. The van der Waals surface area contributed by atoms with Crippen LogP contribution in [0, 0.1) is 0 Å². The van der Waals surface area contributed by atoms with Crippen LogP contribution in [-0.2, 0) is 9.53 Å². The minimum absolute atomic E-state index is 0.387. The van der Waals surface area contributed by atoms with Gasteiger partial charge in [0.05, 0.1) is 6.10 Å². The lowest BCUT2D eigenvalue weighted by molar-refractivity contribution is -0.110. The summed E-state index contributed by atoms with van der Waals surface area (Å²) in [5.74, 6) is 0. The molecule has 1 aliphatic carbocycles. The van der Waals surface area contributed by atoms with Gasteiger partial charge in [0.15, 0.2) is 0 Å². The van der Waals surface area contributed by atoms with Crippen LogP contribution in [0.25, 0.3) is 0 Å². The van der Waals surface area contributed by atoms with E-state index in [2.05, 4.69) is 12.2 Å². The normalized spacial score (nSPS) is 26.2. The summed E-state index contributed by atoms with van der Waals surface area (Å²) in [5.41, 5.74) is 0. The van der Waals surface area contributed by atoms with Crippen molar-refractivity contribution in [2.24, 2.45) is 0 Å².